The molecule has 2 heterocycles. The zero-order valence-electron chi connectivity index (χ0n) is 15.4. The first kappa shape index (κ1) is 18.6. The molecule has 8 heteroatoms. The summed E-state index contributed by atoms with van der Waals surface area (Å²) in [5.41, 5.74) is -0.482. The van der Waals surface area contributed by atoms with Crippen LogP contribution in [-0.2, 0) is 9.31 Å². The summed E-state index contributed by atoms with van der Waals surface area (Å²) in [6.07, 6.45) is 4.53. The van der Waals surface area contributed by atoms with Crippen molar-refractivity contribution < 1.29 is 22.8 Å². The molecule has 0 atom stereocenters. The van der Waals surface area contributed by atoms with Gasteiger partial charge in [-0.25, -0.2) is 13.5 Å². The first-order valence-corrected chi connectivity index (χ1v) is 8.25. The Morgan fingerprint density at radius 2 is 1.81 bits per heavy atom. The van der Waals surface area contributed by atoms with Crippen LogP contribution in [0.4, 0.5) is 8.78 Å². The molecular weight excluding hydrogens is 341 g/mol. The number of benzene rings is 1. The summed E-state index contributed by atoms with van der Waals surface area (Å²) >= 11 is 0. The van der Waals surface area contributed by atoms with Crippen molar-refractivity contribution in [3.05, 3.63) is 47.7 Å². The summed E-state index contributed by atoms with van der Waals surface area (Å²) < 4.78 is 46.2. The third kappa shape index (κ3) is 3.39. The molecule has 26 heavy (non-hydrogen) atoms. The van der Waals surface area contributed by atoms with Crippen molar-refractivity contribution in [2.24, 2.45) is 0 Å². The molecule has 3 rings (SSSR count). The number of nitrogens with zero attached hydrogens (tertiary/aromatic N) is 2. The maximum Gasteiger partial charge on any atom is 0.487 e. The topological polar surface area (TPSA) is 45.5 Å². The quantitative estimate of drug-likeness (QED) is 0.777. The molecule has 1 saturated heterocycles. The molecule has 0 spiro atoms. The van der Waals surface area contributed by atoms with Crippen molar-refractivity contribution >= 4 is 13.2 Å². The van der Waals surface area contributed by atoms with Gasteiger partial charge >= 0.3 is 7.12 Å². The lowest BCUT2D eigenvalue weighted by atomic mass is 9.89. The number of halogens is 2. The van der Waals surface area contributed by atoms with Gasteiger partial charge in [0.05, 0.1) is 30.7 Å². The minimum absolute atomic E-state index is 0.0122. The largest absolute Gasteiger partial charge is 0.493 e. The molecule has 1 aromatic heterocycles. The summed E-state index contributed by atoms with van der Waals surface area (Å²) in [6.45, 7) is 7.78. The van der Waals surface area contributed by atoms with Gasteiger partial charge in [-0.3, -0.25) is 0 Å². The minimum atomic E-state index is -0.983. The highest BCUT2D eigenvalue weighted by molar-refractivity contribution is 6.52. The Hall–Kier alpha value is -2.19. The third-order valence-electron chi connectivity index (χ3n) is 4.79. The van der Waals surface area contributed by atoms with Crippen LogP contribution in [0.1, 0.15) is 33.3 Å². The van der Waals surface area contributed by atoms with E-state index >= 15 is 0 Å². The molecular formula is C18H21BF2N2O3. The zero-order chi connectivity index (χ0) is 19.1. The molecule has 2 aromatic rings. The zero-order valence-corrected chi connectivity index (χ0v) is 15.4. The molecule has 0 saturated carbocycles. The van der Waals surface area contributed by atoms with E-state index in [1.54, 1.807) is 12.1 Å². The Morgan fingerprint density at radius 1 is 1.15 bits per heavy atom. The Morgan fingerprint density at radius 3 is 2.38 bits per heavy atom. The smallest absolute Gasteiger partial charge is 0.487 e. The highest BCUT2D eigenvalue weighted by Crippen LogP contribution is 2.37. The molecule has 0 bridgehead atoms. The van der Waals surface area contributed by atoms with Crippen molar-refractivity contribution in [1.82, 2.24) is 9.78 Å². The van der Waals surface area contributed by atoms with Crippen LogP contribution in [0.5, 0.6) is 5.75 Å². The van der Waals surface area contributed by atoms with E-state index in [-0.39, 0.29) is 5.69 Å². The molecule has 1 aliphatic heterocycles. The summed E-state index contributed by atoms with van der Waals surface area (Å²) in [5, 5.41) is 3.99. The van der Waals surface area contributed by atoms with Gasteiger partial charge in [0.2, 0.25) is 0 Å². The van der Waals surface area contributed by atoms with Crippen molar-refractivity contribution in [3.63, 3.8) is 0 Å². The molecule has 1 aromatic carbocycles. The monoisotopic (exact) mass is 362 g/mol. The van der Waals surface area contributed by atoms with Crippen LogP contribution in [-0.4, -0.2) is 35.2 Å². The predicted molar refractivity (Wildman–Crippen MR) is 95.1 cm³/mol. The highest BCUT2D eigenvalue weighted by Gasteiger charge is 2.50. The SMILES string of the molecule is COc1cnn(-c2cc(/C=C/B3OC(C)(C)C(C)(C)O3)cc(F)c2F)c1. The van der Waals surface area contributed by atoms with Gasteiger partial charge in [0, 0.05) is 0 Å². The van der Waals surface area contributed by atoms with Crippen LogP contribution < -0.4 is 4.74 Å². The lowest BCUT2D eigenvalue weighted by Crippen LogP contribution is -2.41. The predicted octanol–water partition coefficient (Wildman–Crippen LogP) is 3.80. The van der Waals surface area contributed by atoms with Gasteiger partial charge in [-0.1, -0.05) is 12.1 Å². The third-order valence-corrected chi connectivity index (χ3v) is 4.79. The normalized spacial score (nSPS) is 18.7. The molecule has 1 aliphatic rings. The molecule has 5 nitrogen and oxygen atoms in total. The van der Waals surface area contributed by atoms with Crippen molar-refractivity contribution in [2.75, 3.05) is 7.11 Å². The number of ether oxygens (including phenoxy) is 1. The standard InChI is InChI=1S/C18H21BF2N2O3/c1-17(2)18(3,4)26-19(25-17)7-6-12-8-14(20)16(21)15(9-12)23-11-13(24-5)10-22-23/h6-11H,1-5H3/b7-6+. The second-order valence-corrected chi connectivity index (χ2v) is 7.14. The molecule has 0 aliphatic carbocycles. The van der Waals surface area contributed by atoms with Gasteiger partial charge in [-0.05, 0) is 45.4 Å². The molecule has 138 valence electrons. The Kier molecular flexibility index (Phi) is 4.66. The van der Waals surface area contributed by atoms with E-state index in [4.69, 9.17) is 14.0 Å². The number of hydrogen-bond donors (Lipinski definition) is 0. The average Bonchev–Trinajstić information content (AvgIpc) is 3.10. The minimum Gasteiger partial charge on any atom is -0.493 e. The first-order valence-electron chi connectivity index (χ1n) is 8.25. The second-order valence-electron chi connectivity index (χ2n) is 7.14. The Labute approximate surface area is 151 Å². The maximum absolute atomic E-state index is 14.2. The molecule has 0 N–H and O–H groups in total. The van der Waals surface area contributed by atoms with E-state index in [0.29, 0.717) is 11.3 Å². The summed E-state index contributed by atoms with van der Waals surface area (Å²) in [7, 11) is 0.906. The van der Waals surface area contributed by atoms with Crippen LogP contribution in [0.3, 0.4) is 0 Å². The van der Waals surface area contributed by atoms with Crippen LogP contribution in [0.15, 0.2) is 30.5 Å². The Balaban J connectivity index is 1.87. The number of aromatic nitrogens is 2. The van der Waals surface area contributed by atoms with Crippen molar-refractivity contribution in [2.45, 2.75) is 38.9 Å². The number of hydrogen-bond acceptors (Lipinski definition) is 4. The lowest BCUT2D eigenvalue weighted by Gasteiger charge is -2.32. The fraction of sp³-hybridized carbons (Fsp3) is 0.389. The van der Waals surface area contributed by atoms with E-state index in [2.05, 4.69) is 5.10 Å². The number of methoxy groups -OCH3 is 1. The van der Waals surface area contributed by atoms with Gasteiger partial charge < -0.3 is 14.0 Å². The summed E-state index contributed by atoms with van der Waals surface area (Å²) in [5.74, 6) is 0.174. The van der Waals surface area contributed by atoms with Gasteiger partial charge in [0.25, 0.3) is 0 Å². The lowest BCUT2D eigenvalue weighted by molar-refractivity contribution is 0.00578. The summed E-state index contributed by atoms with van der Waals surface area (Å²) in [4.78, 5) is 0. The van der Waals surface area contributed by atoms with Crippen LogP contribution in [0.25, 0.3) is 11.8 Å². The first-order chi connectivity index (χ1) is 12.1. The van der Waals surface area contributed by atoms with Gasteiger partial charge in [0.15, 0.2) is 17.4 Å². The fourth-order valence-corrected chi connectivity index (χ4v) is 2.56. The van der Waals surface area contributed by atoms with E-state index in [9.17, 15) is 8.78 Å². The van der Waals surface area contributed by atoms with Gasteiger partial charge in [0.1, 0.15) is 5.69 Å². The molecule has 0 unspecified atom stereocenters. The van der Waals surface area contributed by atoms with E-state index in [1.807, 2.05) is 27.7 Å². The highest BCUT2D eigenvalue weighted by atomic mass is 19.2. The van der Waals surface area contributed by atoms with Crippen LogP contribution in [0, 0.1) is 11.6 Å². The molecule has 1 fully saturated rings. The fourth-order valence-electron chi connectivity index (χ4n) is 2.56. The van der Waals surface area contributed by atoms with E-state index in [0.717, 1.165) is 6.07 Å². The van der Waals surface area contributed by atoms with Crippen LogP contribution >= 0.6 is 0 Å². The van der Waals surface area contributed by atoms with Gasteiger partial charge in [-0.15, -0.1) is 0 Å². The van der Waals surface area contributed by atoms with Gasteiger partial charge in [-0.2, -0.15) is 5.10 Å². The van der Waals surface area contributed by atoms with E-state index < -0.39 is 30.0 Å². The van der Waals surface area contributed by atoms with Crippen molar-refractivity contribution in [1.29, 1.82) is 0 Å². The average molecular weight is 362 g/mol. The van der Waals surface area contributed by atoms with Crippen molar-refractivity contribution in [3.8, 4) is 11.4 Å². The molecule has 0 radical (unpaired) electrons. The van der Waals surface area contributed by atoms with Crippen LogP contribution in [0.2, 0.25) is 0 Å². The second kappa shape index (κ2) is 6.52. The van der Waals surface area contributed by atoms with E-state index in [1.165, 1.54) is 30.3 Å². The number of rotatable bonds is 4. The Bertz CT molecular complexity index is 833. The molecule has 0 amide bonds. The maximum atomic E-state index is 14.2. The summed E-state index contributed by atoms with van der Waals surface area (Å²) in [6, 6.07) is 2.61.